The zero-order chi connectivity index (χ0) is 26.6. The Bertz CT molecular complexity index is 1490. The van der Waals surface area contributed by atoms with E-state index < -0.39 is 10.0 Å². The maximum absolute atomic E-state index is 13.2. The van der Waals surface area contributed by atoms with Gasteiger partial charge in [0.1, 0.15) is 23.3 Å². The van der Waals surface area contributed by atoms with Gasteiger partial charge in [0.2, 0.25) is 10.0 Å². The molecule has 0 fully saturated rings. The molecule has 1 unspecified atom stereocenters. The van der Waals surface area contributed by atoms with Gasteiger partial charge in [0, 0.05) is 39.5 Å². The van der Waals surface area contributed by atoms with Gasteiger partial charge in [0.15, 0.2) is 5.52 Å². The molecule has 1 aromatic carbocycles. The lowest BCUT2D eigenvalue weighted by atomic mass is 10.1. The van der Waals surface area contributed by atoms with Gasteiger partial charge < -0.3 is 14.6 Å². The van der Waals surface area contributed by atoms with Gasteiger partial charge >= 0.3 is 0 Å². The molecule has 3 heterocycles. The summed E-state index contributed by atoms with van der Waals surface area (Å²) in [6, 6.07) is 4.58. The van der Waals surface area contributed by atoms with Gasteiger partial charge in [0.25, 0.3) is 5.56 Å². The number of hydrogen-bond acceptors (Lipinski definition) is 8. The van der Waals surface area contributed by atoms with Crippen molar-refractivity contribution in [2.75, 3.05) is 20.2 Å². The zero-order valence-electron chi connectivity index (χ0n) is 21.6. The summed E-state index contributed by atoms with van der Waals surface area (Å²) in [6.45, 7) is 4.65. The summed E-state index contributed by atoms with van der Waals surface area (Å²) >= 11 is 0. The lowest BCUT2D eigenvalue weighted by molar-refractivity contribution is 0.318. The Balaban J connectivity index is 1.69. The van der Waals surface area contributed by atoms with Gasteiger partial charge in [-0.25, -0.2) is 18.1 Å². The highest BCUT2D eigenvalue weighted by molar-refractivity contribution is 7.89. The van der Waals surface area contributed by atoms with Gasteiger partial charge in [-0.1, -0.05) is 20.3 Å². The van der Waals surface area contributed by atoms with E-state index in [2.05, 4.69) is 19.8 Å². The Morgan fingerprint density at radius 2 is 2.00 bits per heavy atom. The highest BCUT2D eigenvalue weighted by Gasteiger charge is 2.22. The van der Waals surface area contributed by atoms with Crippen molar-refractivity contribution in [3.63, 3.8) is 0 Å². The molecular formula is C25H33N7O4S. The quantitative estimate of drug-likeness (QED) is 0.391. The van der Waals surface area contributed by atoms with Crippen LogP contribution in [0.4, 0.5) is 0 Å². The summed E-state index contributed by atoms with van der Waals surface area (Å²) in [5, 5.41) is 4.46. The number of rotatable bonds is 11. The predicted molar refractivity (Wildman–Crippen MR) is 143 cm³/mol. The smallest absolute Gasteiger partial charge is 0.277 e. The van der Waals surface area contributed by atoms with E-state index in [9.17, 15) is 13.2 Å². The summed E-state index contributed by atoms with van der Waals surface area (Å²) in [5.74, 6) is 0.671. The van der Waals surface area contributed by atoms with Crippen LogP contribution in [0.3, 0.4) is 0 Å². The van der Waals surface area contributed by atoms with Gasteiger partial charge in [-0.3, -0.25) is 14.5 Å². The first-order valence-corrected chi connectivity index (χ1v) is 13.9. The molecule has 37 heavy (non-hydrogen) atoms. The Morgan fingerprint density at radius 1 is 1.19 bits per heavy atom. The van der Waals surface area contributed by atoms with Crippen LogP contribution in [-0.4, -0.2) is 65.6 Å². The molecule has 0 amide bonds. The fraction of sp³-hybridized carbons (Fsp3) is 0.440. The van der Waals surface area contributed by atoms with Crippen molar-refractivity contribution >= 4 is 27.3 Å². The molecule has 2 N–H and O–H groups in total. The van der Waals surface area contributed by atoms with Crippen molar-refractivity contribution in [2.24, 2.45) is 12.0 Å². The molecule has 0 radical (unpaired) electrons. The highest BCUT2D eigenvalue weighted by atomic mass is 32.2. The van der Waals surface area contributed by atoms with E-state index in [0.717, 1.165) is 18.5 Å². The summed E-state index contributed by atoms with van der Waals surface area (Å²) in [5.41, 5.74) is 1.64. The largest absolute Gasteiger partial charge is 0.493 e. The average molecular weight is 528 g/mol. The summed E-state index contributed by atoms with van der Waals surface area (Å²) in [7, 11) is -0.239. The molecule has 1 aliphatic rings. The SMILES string of the molecule is CCCOc1ccc(S(=O)(=O)NCCC2N=CC=CN2C)cc1-c1nc2c(CCC)nn(C)c2c(=O)[nH]1. The predicted octanol–water partition coefficient (Wildman–Crippen LogP) is 2.59. The van der Waals surface area contributed by atoms with Gasteiger partial charge in [-0.15, -0.1) is 0 Å². The van der Waals surface area contributed by atoms with Gasteiger partial charge in [-0.05, 0) is 37.1 Å². The molecule has 1 atom stereocenters. The fourth-order valence-corrected chi connectivity index (χ4v) is 5.26. The van der Waals surface area contributed by atoms with Crippen LogP contribution in [0.1, 0.15) is 38.8 Å². The Kier molecular flexibility index (Phi) is 8.08. The first-order valence-electron chi connectivity index (χ1n) is 12.4. The summed E-state index contributed by atoms with van der Waals surface area (Å²) < 4.78 is 36.4. The van der Waals surface area contributed by atoms with E-state index in [0.29, 0.717) is 41.8 Å². The number of aromatic amines is 1. The molecule has 12 heteroatoms. The number of benzene rings is 1. The number of H-pyrrole nitrogens is 1. The topological polar surface area (TPSA) is 135 Å². The lowest BCUT2D eigenvalue weighted by Gasteiger charge is -2.25. The van der Waals surface area contributed by atoms with Gasteiger partial charge in [-0.2, -0.15) is 5.10 Å². The molecular weight excluding hydrogens is 494 g/mol. The first kappa shape index (κ1) is 26.6. The minimum Gasteiger partial charge on any atom is -0.493 e. The average Bonchev–Trinajstić information content (AvgIpc) is 3.19. The van der Waals surface area contributed by atoms with Gasteiger partial charge in [0.05, 0.1) is 22.8 Å². The summed E-state index contributed by atoms with van der Waals surface area (Å²) in [6.07, 6.45) is 8.08. The molecule has 4 rings (SSSR count). The van der Waals surface area contributed by atoms with Crippen LogP contribution in [-0.2, 0) is 23.5 Å². The van der Waals surface area contributed by atoms with Crippen LogP contribution in [0.5, 0.6) is 5.75 Å². The van der Waals surface area contributed by atoms with Crippen LogP contribution < -0.4 is 15.0 Å². The van der Waals surface area contributed by atoms with E-state index in [1.165, 1.54) is 16.8 Å². The highest BCUT2D eigenvalue weighted by Crippen LogP contribution is 2.31. The number of hydrogen-bond donors (Lipinski definition) is 2. The van der Waals surface area contributed by atoms with E-state index >= 15 is 0 Å². The van der Waals surface area contributed by atoms with E-state index in [1.807, 2.05) is 38.1 Å². The number of nitrogens with one attached hydrogen (secondary N) is 2. The third kappa shape index (κ3) is 5.75. The summed E-state index contributed by atoms with van der Waals surface area (Å²) in [4.78, 5) is 26.8. The molecule has 2 aromatic heterocycles. The second-order valence-corrected chi connectivity index (χ2v) is 10.7. The van der Waals surface area contributed by atoms with Crippen LogP contribution in [0.2, 0.25) is 0 Å². The molecule has 1 aliphatic heterocycles. The Morgan fingerprint density at radius 3 is 2.73 bits per heavy atom. The van der Waals surface area contributed by atoms with E-state index in [1.54, 1.807) is 19.3 Å². The number of fused-ring (bicyclic) bond motifs is 1. The van der Waals surface area contributed by atoms with Crippen LogP contribution in [0.15, 0.2) is 45.2 Å². The standard InChI is InChI=1S/C25H33N7O4S/c1-5-8-19-22-23(32(4)30-19)25(33)29-24(28-22)18-16-17(9-10-20(18)36-15-6-2)37(34,35)27-13-11-21-26-12-7-14-31(21)3/h7,9-10,12,14,16,21,27H,5-6,8,11,13,15H2,1-4H3,(H,28,29,33). The minimum atomic E-state index is -3.84. The maximum atomic E-state index is 13.2. The molecule has 0 aliphatic carbocycles. The second-order valence-electron chi connectivity index (χ2n) is 8.91. The minimum absolute atomic E-state index is 0.0504. The van der Waals surface area contributed by atoms with Crippen molar-refractivity contribution in [1.82, 2.24) is 29.4 Å². The number of aromatic nitrogens is 4. The number of allylic oxidation sites excluding steroid dienone is 1. The number of sulfonamides is 1. The van der Waals surface area contributed by atoms with E-state index in [4.69, 9.17) is 9.72 Å². The van der Waals surface area contributed by atoms with Crippen molar-refractivity contribution in [3.8, 4) is 17.1 Å². The molecule has 0 bridgehead atoms. The molecule has 3 aromatic rings. The second kappa shape index (κ2) is 11.3. The fourth-order valence-electron chi connectivity index (χ4n) is 4.19. The third-order valence-corrected chi connectivity index (χ3v) is 7.52. The van der Waals surface area contributed by atoms with Crippen LogP contribution in [0.25, 0.3) is 22.4 Å². The lowest BCUT2D eigenvalue weighted by Crippen LogP contribution is -2.33. The third-order valence-electron chi connectivity index (χ3n) is 6.06. The molecule has 0 spiro atoms. The Labute approximate surface area is 216 Å². The molecule has 11 nitrogen and oxygen atoms in total. The van der Waals surface area contributed by atoms with Crippen molar-refractivity contribution in [2.45, 2.75) is 50.6 Å². The molecule has 0 saturated heterocycles. The van der Waals surface area contributed by atoms with Crippen LogP contribution >= 0.6 is 0 Å². The number of ether oxygens (including phenoxy) is 1. The zero-order valence-corrected chi connectivity index (χ0v) is 22.4. The maximum Gasteiger partial charge on any atom is 0.277 e. The molecule has 198 valence electrons. The molecule has 0 saturated carbocycles. The van der Waals surface area contributed by atoms with Crippen molar-refractivity contribution in [1.29, 1.82) is 0 Å². The monoisotopic (exact) mass is 527 g/mol. The number of aryl methyl sites for hydroxylation is 2. The number of aliphatic imine (C=N–C) groups is 1. The van der Waals surface area contributed by atoms with E-state index in [-0.39, 0.29) is 29.0 Å². The Hall–Kier alpha value is -3.51. The number of nitrogens with zero attached hydrogens (tertiary/aromatic N) is 5. The van der Waals surface area contributed by atoms with Crippen LogP contribution in [0, 0.1) is 0 Å². The van der Waals surface area contributed by atoms with Crippen molar-refractivity contribution in [3.05, 3.63) is 46.5 Å². The normalized spacial score (nSPS) is 15.6. The van der Waals surface area contributed by atoms with Crippen molar-refractivity contribution < 1.29 is 13.2 Å². The first-order chi connectivity index (χ1) is 17.7.